The van der Waals surface area contributed by atoms with Gasteiger partial charge in [0.1, 0.15) is 6.04 Å². The first-order valence-corrected chi connectivity index (χ1v) is 10.7. The zero-order valence-electron chi connectivity index (χ0n) is 16.6. The Morgan fingerprint density at radius 3 is 2.69 bits per heavy atom. The Bertz CT molecular complexity index is 863. The number of fused-ring (bicyclic) bond motifs is 1. The van der Waals surface area contributed by atoms with Crippen molar-refractivity contribution in [3.8, 4) is 0 Å². The summed E-state index contributed by atoms with van der Waals surface area (Å²) in [6, 6.07) is 10.7. The fraction of sp³-hybridized carbons (Fsp3) is 0.409. The van der Waals surface area contributed by atoms with E-state index in [2.05, 4.69) is 16.7 Å². The lowest BCUT2D eigenvalue weighted by Gasteiger charge is -2.26. The van der Waals surface area contributed by atoms with E-state index < -0.39 is 12.0 Å². The third-order valence-corrected chi connectivity index (χ3v) is 5.87. The van der Waals surface area contributed by atoms with Crippen LogP contribution in [0.1, 0.15) is 53.5 Å². The molecule has 0 saturated heterocycles. The standard InChI is InChI=1S/C22H26N2O4S/c1-14(2)20(24-21(26)18-11-6-12-29-18)22(27)28-13-19(25)23-17-10-5-8-15-7-3-4-9-16(15)17/h3-4,6-7,9,11-12,14,17,20H,5,8,10,13H2,1-2H3,(H,23,25)(H,24,26)/t17-,20+/m0/s1. The molecule has 0 fully saturated rings. The minimum atomic E-state index is -0.812. The Kier molecular flexibility index (Phi) is 7.04. The Hall–Kier alpha value is -2.67. The molecule has 0 saturated carbocycles. The van der Waals surface area contributed by atoms with Crippen LogP contribution in [0.25, 0.3) is 0 Å². The highest BCUT2D eigenvalue weighted by Gasteiger charge is 2.28. The number of ether oxygens (including phenoxy) is 1. The van der Waals surface area contributed by atoms with Crippen molar-refractivity contribution in [2.45, 2.75) is 45.2 Å². The molecule has 0 aliphatic heterocycles. The second kappa shape index (κ2) is 9.69. The van der Waals surface area contributed by atoms with Gasteiger partial charge in [0.15, 0.2) is 6.61 Å². The van der Waals surface area contributed by atoms with Crippen LogP contribution in [0.4, 0.5) is 0 Å². The lowest BCUT2D eigenvalue weighted by molar-refractivity contribution is -0.151. The first kappa shape index (κ1) is 21.0. The molecule has 0 radical (unpaired) electrons. The summed E-state index contributed by atoms with van der Waals surface area (Å²) in [5.74, 6) is -1.44. The van der Waals surface area contributed by atoms with Crippen LogP contribution in [0.2, 0.25) is 0 Å². The number of hydrogen-bond acceptors (Lipinski definition) is 5. The van der Waals surface area contributed by atoms with Crippen molar-refractivity contribution in [2.24, 2.45) is 5.92 Å². The van der Waals surface area contributed by atoms with Gasteiger partial charge in [0.05, 0.1) is 10.9 Å². The van der Waals surface area contributed by atoms with Crippen LogP contribution >= 0.6 is 11.3 Å². The monoisotopic (exact) mass is 414 g/mol. The van der Waals surface area contributed by atoms with E-state index in [1.807, 2.05) is 32.0 Å². The second-order valence-corrected chi connectivity index (χ2v) is 8.44. The SMILES string of the molecule is CC(C)[C@@H](NC(=O)c1cccs1)C(=O)OCC(=O)N[C@H]1CCCc2ccccc21. The maximum absolute atomic E-state index is 12.5. The molecular weight excluding hydrogens is 388 g/mol. The number of rotatable bonds is 7. The van der Waals surface area contributed by atoms with Crippen molar-refractivity contribution < 1.29 is 19.1 Å². The summed E-state index contributed by atoms with van der Waals surface area (Å²) in [5.41, 5.74) is 2.37. The highest BCUT2D eigenvalue weighted by molar-refractivity contribution is 7.12. The average Bonchev–Trinajstić information content (AvgIpc) is 3.25. The summed E-state index contributed by atoms with van der Waals surface area (Å²) in [4.78, 5) is 37.6. The zero-order valence-corrected chi connectivity index (χ0v) is 17.5. The summed E-state index contributed by atoms with van der Waals surface area (Å²) in [5, 5.41) is 7.46. The van der Waals surface area contributed by atoms with Crippen LogP contribution in [0.15, 0.2) is 41.8 Å². The van der Waals surface area contributed by atoms with Crippen LogP contribution in [0.5, 0.6) is 0 Å². The number of carbonyl (C=O) groups excluding carboxylic acids is 3. The molecule has 1 aliphatic rings. The summed E-state index contributed by atoms with van der Waals surface area (Å²) in [7, 11) is 0. The van der Waals surface area contributed by atoms with Gasteiger partial charge in [0, 0.05) is 0 Å². The van der Waals surface area contributed by atoms with Crippen molar-refractivity contribution in [3.05, 3.63) is 57.8 Å². The summed E-state index contributed by atoms with van der Waals surface area (Å²) < 4.78 is 5.21. The molecule has 29 heavy (non-hydrogen) atoms. The predicted molar refractivity (Wildman–Crippen MR) is 112 cm³/mol. The predicted octanol–water partition coefficient (Wildman–Crippen LogP) is 3.24. The van der Waals surface area contributed by atoms with E-state index in [1.54, 1.807) is 17.5 Å². The highest BCUT2D eigenvalue weighted by Crippen LogP contribution is 2.29. The lowest BCUT2D eigenvalue weighted by atomic mass is 9.88. The van der Waals surface area contributed by atoms with E-state index in [-0.39, 0.29) is 30.4 Å². The van der Waals surface area contributed by atoms with E-state index in [4.69, 9.17) is 4.74 Å². The Morgan fingerprint density at radius 2 is 1.97 bits per heavy atom. The molecular formula is C22H26N2O4S. The van der Waals surface area contributed by atoms with E-state index >= 15 is 0 Å². The molecule has 2 atom stereocenters. The topological polar surface area (TPSA) is 84.5 Å². The third kappa shape index (κ3) is 5.44. The Morgan fingerprint density at radius 1 is 1.17 bits per heavy atom. The van der Waals surface area contributed by atoms with Crippen molar-refractivity contribution >= 4 is 29.1 Å². The van der Waals surface area contributed by atoms with Gasteiger partial charge in [-0.3, -0.25) is 9.59 Å². The maximum atomic E-state index is 12.5. The molecule has 3 rings (SSSR count). The first-order valence-electron chi connectivity index (χ1n) is 9.84. The van der Waals surface area contributed by atoms with Gasteiger partial charge in [0.25, 0.3) is 11.8 Å². The number of nitrogens with one attached hydrogen (secondary N) is 2. The number of thiophene rings is 1. The molecule has 1 aromatic heterocycles. The molecule has 0 bridgehead atoms. The van der Waals surface area contributed by atoms with Crippen molar-refractivity contribution in [2.75, 3.05) is 6.61 Å². The Balaban J connectivity index is 1.53. The normalized spacial score (nSPS) is 16.6. The molecule has 154 valence electrons. The van der Waals surface area contributed by atoms with Gasteiger partial charge in [0.2, 0.25) is 0 Å². The molecule has 1 aromatic carbocycles. The molecule has 2 aromatic rings. The van der Waals surface area contributed by atoms with Crippen molar-refractivity contribution in [1.82, 2.24) is 10.6 Å². The van der Waals surface area contributed by atoms with E-state index in [9.17, 15) is 14.4 Å². The number of hydrogen-bond donors (Lipinski definition) is 2. The molecule has 6 nitrogen and oxygen atoms in total. The summed E-state index contributed by atoms with van der Waals surface area (Å²) in [6.45, 7) is 3.27. The van der Waals surface area contributed by atoms with Crippen LogP contribution in [0.3, 0.4) is 0 Å². The van der Waals surface area contributed by atoms with Crippen molar-refractivity contribution in [1.29, 1.82) is 0 Å². The first-order chi connectivity index (χ1) is 14.0. The molecule has 2 N–H and O–H groups in total. The zero-order chi connectivity index (χ0) is 20.8. The highest BCUT2D eigenvalue weighted by atomic mass is 32.1. The van der Waals surface area contributed by atoms with Gasteiger partial charge in [-0.25, -0.2) is 4.79 Å². The number of carbonyl (C=O) groups is 3. The number of esters is 1. The van der Waals surface area contributed by atoms with Crippen LogP contribution < -0.4 is 10.6 Å². The van der Waals surface area contributed by atoms with Crippen molar-refractivity contribution in [3.63, 3.8) is 0 Å². The van der Waals surface area contributed by atoms with Crippen LogP contribution in [-0.4, -0.2) is 30.4 Å². The minimum Gasteiger partial charge on any atom is -0.454 e. The van der Waals surface area contributed by atoms with Gasteiger partial charge in [-0.15, -0.1) is 11.3 Å². The van der Waals surface area contributed by atoms with Gasteiger partial charge in [-0.1, -0.05) is 44.2 Å². The van der Waals surface area contributed by atoms with E-state index in [1.165, 1.54) is 16.9 Å². The van der Waals surface area contributed by atoms with Gasteiger partial charge >= 0.3 is 5.97 Å². The second-order valence-electron chi connectivity index (χ2n) is 7.49. The molecule has 7 heteroatoms. The smallest absolute Gasteiger partial charge is 0.329 e. The molecule has 2 amide bonds. The van der Waals surface area contributed by atoms with Crippen LogP contribution in [0, 0.1) is 5.92 Å². The largest absolute Gasteiger partial charge is 0.454 e. The number of aryl methyl sites for hydroxylation is 1. The van der Waals surface area contributed by atoms with E-state index in [0.717, 1.165) is 24.8 Å². The Labute approximate surface area is 174 Å². The third-order valence-electron chi connectivity index (χ3n) is 5.00. The van der Waals surface area contributed by atoms with Gasteiger partial charge < -0.3 is 15.4 Å². The fourth-order valence-electron chi connectivity index (χ4n) is 3.48. The van der Waals surface area contributed by atoms with Gasteiger partial charge in [-0.05, 0) is 47.8 Å². The van der Waals surface area contributed by atoms with E-state index in [0.29, 0.717) is 4.88 Å². The molecule has 1 heterocycles. The quantitative estimate of drug-likeness (QED) is 0.681. The van der Waals surface area contributed by atoms with Gasteiger partial charge in [-0.2, -0.15) is 0 Å². The minimum absolute atomic E-state index is 0.0643. The maximum Gasteiger partial charge on any atom is 0.329 e. The fourth-order valence-corrected chi connectivity index (χ4v) is 4.11. The van der Waals surface area contributed by atoms with Crippen LogP contribution in [-0.2, 0) is 20.7 Å². The molecule has 1 aliphatic carbocycles. The number of amides is 2. The molecule has 0 spiro atoms. The lowest BCUT2D eigenvalue weighted by Crippen LogP contribution is -2.46. The number of benzene rings is 1. The summed E-state index contributed by atoms with van der Waals surface area (Å²) in [6.07, 6.45) is 2.88. The summed E-state index contributed by atoms with van der Waals surface area (Å²) >= 11 is 1.30. The molecule has 0 unspecified atom stereocenters. The average molecular weight is 415 g/mol.